The number of piperazine rings is 1. The fraction of sp³-hybridized carbons (Fsp3) is 0.812. The number of likely N-dealkylation sites (N-methyl/N-ethyl adjacent to an activating group) is 1. The van der Waals surface area contributed by atoms with Crippen molar-refractivity contribution in [3.8, 4) is 0 Å². The molecule has 0 spiro atoms. The third-order valence-corrected chi connectivity index (χ3v) is 6.79. The molecule has 0 saturated carbocycles. The Morgan fingerprint density at radius 1 is 0.964 bits per heavy atom. The molecule has 0 atom stereocenters. The smallest absolute Gasteiger partial charge is 0.337 e. The molecule has 1 aliphatic rings. The summed E-state index contributed by atoms with van der Waals surface area (Å²) in [6.07, 6.45) is 0.568. The van der Waals surface area contributed by atoms with Gasteiger partial charge in [0.25, 0.3) is 20.2 Å². The maximum atomic E-state index is 11.8. The lowest BCUT2D eigenvalue weighted by atomic mass is 10.2. The number of esters is 1. The number of quaternary nitrogens is 2. The van der Waals surface area contributed by atoms with E-state index in [0.29, 0.717) is 54.7 Å². The number of ether oxygens (including phenoxy) is 1. The molecule has 0 aromatic rings. The number of carbonyl (C=O) groups is 1. The quantitative estimate of drug-likeness (QED) is 0.195. The van der Waals surface area contributed by atoms with E-state index in [9.17, 15) is 21.6 Å². The Balaban J connectivity index is 2.73. The van der Waals surface area contributed by atoms with Crippen LogP contribution in [-0.2, 0) is 29.8 Å². The van der Waals surface area contributed by atoms with Gasteiger partial charge < -0.3 is 9.22 Å². The lowest BCUT2D eigenvalue weighted by Gasteiger charge is -2.47. The molecule has 1 aliphatic heterocycles. The minimum absolute atomic E-state index is 0.0855. The molecule has 0 amide bonds. The molecule has 2 N–H and O–H groups in total. The molecule has 0 bridgehead atoms. The summed E-state index contributed by atoms with van der Waals surface area (Å²) < 4.78 is 68.0. The first-order valence-corrected chi connectivity index (χ1v) is 12.3. The van der Waals surface area contributed by atoms with Crippen LogP contribution in [0, 0.1) is 0 Å². The van der Waals surface area contributed by atoms with Crippen molar-refractivity contribution in [1.29, 1.82) is 0 Å². The Kier molecular flexibility index (Phi) is 8.60. The van der Waals surface area contributed by atoms with Crippen molar-refractivity contribution < 1.29 is 44.4 Å². The zero-order valence-electron chi connectivity index (χ0n) is 16.5. The van der Waals surface area contributed by atoms with Crippen LogP contribution in [0.25, 0.3) is 0 Å². The van der Waals surface area contributed by atoms with Gasteiger partial charge >= 0.3 is 5.97 Å². The fourth-order valence-electron chi connectivity index (χ4n) is 3.30. The van der Waals surface area contributed by atoms with E-state index in [0.717, 1.165) is 0 Å². The number of rotatable bonds is 11. The van der Waals surface area contributed by atoms with E-state index in [1.54, 1.807) is 6.92 Å². The maximum absolute atomic E-state index is 11.8. The first-order valence-electron chi connectivity index (χ1n) is 9.07. The molecule has 1 rings (SSSR count). The van der Waals surface area contributed by atoms with E-state index in [1.165, 1.54) is 0 Å². The topological polar surface area (TPSA) is 135 Å². The van der Waals surface area contributed by atoms with Crippen LogP contribution in [0.3, 0.4) is 0 Å². The summed E-state index contributed by atoms with van der Waals surface area (Å²) >= 11 is 0. The zero-order chi connectivity index (χ0) is 21.6. The number of hydrogen-bond acceptors (Lipinski definition) is 6. The second kappa shape index (κ2) is 9.63. The van der Waals surface area contributed by atoms with Gasteiger partial charge in [-0.25, -0.2) is 4.79 Å². The Labute approximate surface area is 167 Å². The van der Waals surface area contributed by atoms with Crippen LogP contribution in [0.4, 0.5) is 0 Å². The molecule has 0 aromatic heterocycles. The highest BCUT2D eigenvalue weighted by Gasteiger charge is 2.40. The van der Waals surface area contributed by atoms with Crippen molar-refractivity contribution >= 4 is 26.2 Å². The third kappa shape index (κ3) is 9.43. The van der Waals surface area contributed by atoms with Crippen molar-refractivity contribution in [3.63, 3.8) is 0 Å². The first-order chi connectivity index (χ1) is 12.7. The molecule has 0 aromatic carbocycles. The van der Waals surface area contributed by atoms with Crippen molar-refractivity contribution in [1.82, 2.24) is 0 Å². The molecule has 0 unspecified atom stereocenters. The molecule has 1 saturated heterocycles. The summed E-state index contributed by atoms with van der Waals surface area (Å²) in [5.41, 5.74) is 0.277. The summed E-state index contributed by atoms with van der Waals surface area (Å²) in [7, 11) is -6.05. The van der Waals surface area contributed by atoms with Crippen LogP contribution in [-0.4, -0.2) is 105 Å². The lowest BCUT2D eigenvalue weighted by molar-refractivity contribution is -1.03. The third-order valence-electron chi connectivity index (χ3n) is 5.18. The summed E-state index contributed by atoms with van der Waals surface area (Å²) in [6.45, 7) is 8.76. The number of carbonyl (C=O) groups excluding carboxylic acids is 1. The van der Waals surface area contributed by atoms with Crippen molar-refractivity contribution in [2.75, 3.05) is 64.6 Å². The highest BCUT2D eigenvalue weighted by Crippen LogP contribution is 2.20. The van der Waals surface area contributed by atoms with E-state index in [-0.39, 0.29) is 30.2 Å². The standard InChI is InChI=1S/C16H30N2O8S2/c1-15(2)16(19)26-14-18(7-5-13-28(23,24)25)10-8-17(3,9-11-18)6-4-12-27(20,21)22/h1,4-14H2,2-3H3/p+2. The zero-order valence-corrected chi connectivity index (χ0v) is 18.2. The summed E-state index contributed by atoms with van der Waals surface area (Å²) in [5.74, 6) is -1.16. The second-order valence-electron chi connectivity index (χ2n) is 7.92. The van der Waals surface area contributed by atoms with Gasteiger partial charge in [-0.1, -0.05) is 6.58 Å². The van der Waals surface area contributed by atoms with Crippen molar-refractivity contribution in [2.45, 2.75) is 19.8 Å². The van der Waals surface area contributed by atoms with Crippen LogP contribution in [0.15, 0.2) is 12.2 Å². The van der Waals surface area contributed by atoms with Gasteiger partial charge in [-0.3, -0.25) is 13.6 Å². The van der Waals surface area contributed by atoms with Crippen LogP contribution >= 0.6 is 0 Å². The maximum Gasteiger partial charge on any atom is 0.337 e. The van der Waals surface area contributed by atoms with Gasteiger partial charge in [0, 0.05) is 18.4 Å². The minimum Gasteiger partial charge on any atom is -0.412 e. The SMILES string of the molecule is C=C(C)C(=O)OC[N+]1(CCCS(=O)(=O)O)CC[N+](C)(CCCS(=O)(=O)O)CC1. The van der Waals surface area contributed by atoms with Crippen LogP contribution in [0.5, 0.6) is 0 Å². The van der Waals surface area contributed by atoms with Crippen molar-refractivity contribution in [3.05, 3.63) is 12.2 Å². The monoisotopic (exact) mass is 444 g/mol. The number of nitrogens with zero attached hydrogens (tertiary/aromatic N) is 2. The highest BCUT2D eigenvalue weighted by atomic mass is 32.2. The molecule has 0 radical (unpaired) electrons. The molecule has 10 nitrogen and oxygen atoms in total. The average Bonchev–Trinajstić information content (AvgIpc) is 2.53. The predicted octanol–water partition coefficient (Wildman–Crippen LogP) is -0.104. The van der Waals surface area contributed by atoms with Gasteiger partial charge in [-0.2, -0.15) is 16.8 Å². The van der Waals surface area contributed by atoms with E-state index in [1.807, 2.05) is 7.05 Å². The highest BCUT2D eigenvalue weighted by molar-refractivity contribution is 7.86. The van der Waals surface area contributed by atoms with Crippen LogP contribution in [0.1, 0.15) is 19.8 Å². The first kappa shape index (κ1) is 25.0. The molecule has 1 heterocycles. The normalized spacial score (nSPS) is 26.0. The summed E-state index contributed by atoms with van der Waals surface area (Å²) in [5, 5.41) is 0. The average molecular weight is 445 g/mol. The van der Waals surface area contributed by atoms with Gasteiger partial charge in [0.05, 0.1) is 31.6 Å². The van der Waals surface area contributed by atoms with Gasteiger partial charge in [0.15, 0.2) is 0 Å². The molecule has 28 heavy (non-hydrogen) atoms. The van der Waals surface area contributed by atoms with Crippen LogP contribution in [0.2, 0.25) is 0 Å². The Hall–Kier alpha value is -1.05. The molecule has 0 aliphatic carbocycles. The Morgan fingerprint density at radius 3 is 1.86 bits per heavy atom. The van der Waals surface area contributed by atoms with E-state index >= 15 is 0 Å². The second-order valence-corrected chi connectivity index (χ2v) is 11.1. The van der Waals surface area contributed by atoms with Gasteiger partial charge in [-0.05, 0) is 6.92 Å². The van der Waals surface area contributed by atoms with E-state index in [2.05, 4.69) is 6.58 Å². The Morgan fingerprint density at radius 2 is 1.43 bits per heavy atom. The largest absolute Gasteiger partial charge is 0.412 e. The molecule has 12 heteroatoms. The van der Waals surface area contributed by atoms with E-state index in [4.69, 9.17) is 13.8 Å². The van der Waals surface area contributed by atoms with Gasteiger partial charge in [-0.15, -0.1) is 0 Å². The summed E-state index contributed by atoms with van der Waals surface area (Å²) in [4.78, 5) is 11.8. The predicted molar refractivity (Wildman–Crippen MR) is 103 cm³/mol. The van der Waals surface area contributed by atoms with Crippen LogP contribution < -0.4 is 0 Å². The van der Waals surface area contributed by atoms with Gasteiger partial charge in [0.1, 0.15) is 26.2 Å². The lowest BCUT2D eigenvalue weighted by Crippen LogP contribution is -2.66. The van der Waals surface area contributed by atoms with Crippen molar-refractivity contribution in [2.24, 2.45) is 0 Å². The molecular formula is C16H32N2O8S2+2. The van der Waals surface area contributed by atoms with E-state index < -0.39 is 26.2 Å². The van der Waals surface area contributed by atoms with Gasteiger partial charge in [0.2, 0.25) is 6.73 Å². The Bertz CT molecular complexity index is 768. The molecular weight excluding hydrogens is 412 g/mol. The summed E-state index contributed by atoms with van der Waals surface area (Å²) in [6, 6.07) is 0. The minimum atomic E-state index is -4.06. The molecule has 164 valence electrons. The number of hydrogen-bond donors (Lipinski definition) is 2. The fourth-order valence-corrected chi connectivity index (χ4v) is 4.29. The molecule has 1 fully saturated rings.